The van der Waals surface area contributed by atoms with Crippen molar-refractivity contribution < 1.29 is 28.2 Å². The Morgan fingerprint density at radius 1 is 1.08 bits per heavy atom. The Labute approximate surface area is 137 Å². The van der Waals surface area contributed by atoms with Crippen molar-refractivity contribution in [1.29, 1.82) is 0 Å². The van der Waals surface area contributed by atoms with E-state index >= 15 is 0 Å². The summed E-state index contributed by atoms with van der Waals surface area (Å²) in [6.45, 7) is 0.386. The maximum Gasteiger partial charge on any atom is 0.341 e. The van der Waals surface area contributed by atoms with Crippen molar-refractivity contribution in [2.75, 3.05) is 25.1 Å². The molecule has 7 heteroatoms. The Balaban J connectivity index is 1.56. The minimum atomic E-state index is -0.898. The summed E-state index contributed by atoms with van der Waals surface area (Å²) < 4.78 is 29.0. The average Bonchev–Trinajstić information content (AvgIpc) is 2.60. The summed E-state index contributed by atoms with van der Waals surface area (Å²) in [6, 6.07) is 10.3. The third-order valence-electron chi connectivity index (χ3n) is 3.25. The smallest absolute Gasteiger partial charge is 0.341 e. The molecule has 0 aliphatic carbocycles. The Morgan fingerprint density at radius 2 is 1.83 bits per heavy atom. The van der Waals surface area contributed by atoms with Crippen LogP contribution in [0.2, 0.25) is 0 Å². The molecule has 0 unspecified atom stereocenters. The number of hydrogen-bond acceptors (Lipinski definition) is 5. The van der Waals surface area contributed by atoms with Gasteiger partial charge in [-0.1, -0.05) is 12.1 Å². The zero-order valence-electron chi connectivity index (χ0n) is 12.6. The number of amides is 1. The number of anilines is 1. The Morgan fingerprint density at radius 3 is 2.62 bits per heavy atom. The highest BCUT2D eigenvalue weighted by Crippen LogP contribution is 2.32. The second kappa shape index (κ2) is 6.99. The van der Waals surface area contributed by atoms with Crippen molar-refractivity contribution in [1.82, 2.24) is 0 Å². The molecule has 2 aromatic carbocycles. The lowest BCUT2D eigenvalue weighted by atomic mass is 10.2. The second-order valence-corrected chi connectivity index (χ2v) is 4.96. The van der Waals surface area contributed by atoms with E-state index in [9.17, 15) is 14.0 Å². The van der Waals surface area contributed by atoms with Crippen LogP contribution >= 0.6 is 0 Å². The van der Waals surface area contributed by atoms with E-state index < -0.39 is 24.3 Å². The van der Waals surface area contributed by atoms with E-state index in [1.807, 2.05) is 0 Å². The zero-order chi connectivity index (χ0) is 16.9. The summed E-state index contributed by atoms with van der Waals surface area (Å²) in [4.78, 5) is 23.6. The lowest BCUT2D eigenvalue weighted by Gasteiger charge is -2.19. The number of ether oxygens (including phenoxy) is 3. The van der Waals surface area contributed by atoms with Crippen LogP contribution in [0.1, 0.15) is 10.4 Å². The monoisotopic (exact) mass is 331 g/mol. The first-order valence-corrected chi connectivity index (χ1v) is 7.24. The number of halogens is 1. The summed E-state index contributed by atoms with van der Waals surface area (Å²) in [6.07, 6.45) is 0. The van der Waals surface area contributed by atoms with Crippen LogP contribution in [0, 0.1) is 5.82 Å². The van der Waals surface area contributed by atoms with Gasteiger partial charge in [-0.3, -0.25) is 4.79 Å². The third kappa shape index (κ3) is 3.62. The van der Waals surface area contributed by atoms with Crippen LogP contribution in [0.4, 0.5) is 10.1 Å². The molecule has 0 fully saturated rings. The Kier molecular flexibility index (Phi) is 4.60. The molecule has 6 nitrogen and oxygen atoms in total. The molecule has 0 spiro atoms. The number of fused-ring (bicyclic) bond motifs is 1. The quantitative estimate of drug-likeness (QED) is 0.871. The number of carbonyl (C=O) groups excluding carboxylic acids is 2. The predicted octanol–water partition coefficient (Wildman–Crippen LogP) is 2.39. The Bertz CT molecular complexity index is 777. The van der Waals surface area contributed by atoms with E-state index in [0.717, 1.165) is 6.07 Å². The van der Waals surface area contributed by atoms with Crippen LogP contribution in [-0.2, 0) is 9.53 Å². The molecule has 1 aliphatic heterocycles. The van der Waals surface area contributed by atoms with E-state index in [0.29, 0.717) is 30.4 Å². The molecule has 1 heterocycles. The topological polar surface area (TPSA) is 73.9 Å². The molecule has 0 saturated heterocycles. The normalized spacial score (nSPS) is 12.4. The van der Waals surface area contributed by atoms with E-state index in [2.05, 4.69) is 5.32 Å². The average molecular weight is 331 g/mol. The highest BCUT2D eigenvalue weighted by atomic mass is 19.1. The van der Waals surface area contributed by atoms with Crippen molar-refractivity contribution in [3.8, 4) is 11.5 Å². The maximum atomic E-state index is 13.4. The molecule has 0 saturated carbocycles. The molecule has 1 N–H and O–H groups in total. The number of esters is 1. The minimum Gasteiger partial charge on any atom is -0.486 e. The zero-order valence-corrected chi connectivity index (χ0v) is 12.6. The van der Waals surface area contributed by atoms with Gasteiger partial charge in [0.1, 0.15) is 19.0 Å². The van der Waals surface area contributed by atoms with Gasteiger partial charge < -0.3 is 19.5 Å². The van der Waals surface area contributed by atoms with Crippen molar-refractivity contribution in [2.45, 2.75) is 0 Å². The van der Waals surface area contributed by atoms with Gasteiger partial charge in [-0.25, -0.2) is 9.18 Å². The molecule has 24 heavy (non-hydrogen) atoms. The number of benzene rings is 2. The molecule has 0 aromatic heterocycles. The molecule has 0 atom stereocenters. The highest BCUT2D eigenvalue weighted by molar-refractivity contribution is 5.95. The number of carbonyl (C=O) groups is 2. The van der Waals surface area contributed by atoms with Crippen LogP contribution in [0.15, 0.2) is 42.5 Å². The number of nitrogens with one attached hydrogen (secondary N) is 1. The van der Waals surface area contributed by atoms with Crippen LogP contribution in [0.25, 0.3) is 0 Å². The number of rotatable bonds is 4. The van der Waals surface area contributed by atoms with E-state index in [4.69, 9.17) is 14.2 Å². The molecule has 0 bridgehead atoms. The van der Waals surface area contributed by atoms with Crippen LogP contribution in [0.5, 0.6) is 11.5 Å². The first-order valence-electron chi connectivity index (χ1n) is 7.24. The van der Waals surface area contributed by atoms with E-state index in [-0.39, 0.29) is 5.56 Å². The molecule has 3 rings (SSSR count). The predicted molar refractivity (Wildman–Crippen MR) is 82.7 cm³/mol. The van der Waals surface area contributed by atoms with Crippen LogP contribution in [0.3, 0.4) is 0 Å². The van der Waals surface area contributed by atoms with Gasteiger partial charge in [0.05, 0.1) is 5.56 Å². The molecule has 1 aliphatic rings. The fraction of sp³-hybridized carbons (Fsp3) is 0.176. The van der Waals surface area contributed by atoms with E-state index in [1.54, 1.807) is 18.2 Å². The fourth-order valence-corrected chi connectivity index (χ4v) is 2.15. The standard InChI is InChI=1S/C17H14FNO5/c18-13-4-2-1-3-12(13)17(21)24-10-16(20)19-11-5-6-14-15(9-11)23-8-7-22-14/h1-6,9H,7-8,10H2,(H,19,20). The van der Waals surface area contributed by atoms with Gasteiger partial charge in [0.15, 0.2) is 18.1 Å². The lowest BCUT2D eigenvalue weighted by Crippen LogP contribution is -2.21. The lowest BCUT2D eigenvalue weighted by molar-refractivity contribution is -0.119. The van der Waals surface area contributed by atoms with Gasteiger partial charge >= 0.3 is 5.97 Å². The van der Waals surface area contributed by atoms with Gasteiger partial charge in [-0.05, 0) is 24.3 Å². The second-order valence-electron chi connectivity index (χ2n) is 4.96. The first kappa shape index (κ1) is 15.8. The summed E-state index contributed by atoms with van der Waals surface area (Å²) in [5, 5.41) is 2.57. The van der Waals surface area contributed by atoms with Crippen LogP contribution < -0.4 is 14.8 Å². The molecule has 1 amide bonds. The largest absolute Gasteiger partial charge is 0.486 e. The fourth-order valence-electron chi connectivity index (χ4n) is 2.15. The molecule has 0 radical (unpaired) electrons. The third-order valence-corrected chi connectivity index (χ3v) is 3.25. The molecule has 2 aromatic rings. The van der Waals surface area contributed by atoms with Gasteiger partial charge in [0, 0.05) is 11.8 Å². The summed E-state index contributed by atoms with van der Waals surface area (Å²) >= 11 is 0. The maximum absolute atomic E-state index is 13.4. The minimum absolute atomic E-state index is 0.218. The van der Waals surface area contributed by atoms with Crippen molar-refractivity contribution >= 4 is 17.6 Å². The van der Waals surface area contributed by atoms with E-state index in [1.165, 1.54) is 18.2 Å². The van der Waals surface area contributed by atoms with Gasteiger partial charge in [0.25, 0.3) is 5.91 Å². The summed E-state index contributed by atoms with van der Waals surface area (Å²) in [5.74, 6) is -1.01. The van der Waals surface area contributed by atoms with Gasteiger partial charge in [-0.2, -0.15) is 0 Å². The van der Waals surface area contributed by atoms with Crippen molar-refractivity contribution in [2.24, 2.45) is 0 Å². The molecular weight excluding hydrogens is 317 g/mol. The summed E-state index contributed by atoms with van der Waals surface area (Å²) in [5.41, 5.74) is 0.260. The number of hydrogen-bond donors (Lipinski definition) is 1. The molecule has 124 valence electrons. The van der Waals surface area contributed by atoms with Crippen molar-refractivity contribution in [3.63, 3.8) is 0 Å². The van der Waals surface area contributed by atoms with Crippen molar-refractivity contribution in [3.05, 3.63) is 53.8 Å². The summed E-state index contributed by atoms with van der Waals surface area (Å²) in [7, 11) is 0. The highest BCUT2D eigenvalue weighted by Gasteiger charge is 2.15. The molecular formula is C17H14FNO5. The van der Waals surface area contributed by atoms with Crippen LogP contribution in [-0.4, -0.2) is 31.7 Å². The SMILES string of the molecule is O=C(COC(=O)c1ccccc1F)Nc1ccc2c(c1)OCCO2. The first-order chi connectivity index (χ1) is 11.6. The van der Waals surface area contributed by atoms with Gasteiger partial charge in [0.2, 0.25) is 0 Å². The Hall–Kier alpha value is -3.09. The van der Waals surface area contributed by atoms with Gasteiger partial charge in [-0.15, -0.1) is 0 Å².